The van der Waals surface area contributed by atoms with Crippen molar-refractivity contribution in [3.05, 3.63) is 59.7 Å². The summed E-state index contributed by atoms with van der Waals surface area (Å²) in [5.74, 6) is 0.0183. The second-order valence-electron chi connectivity index (χ2n) is 5.67. The first-order valence-electron chi connectivity index (χ1n) is 7.86. The lowest BCUT2D eigenvalue weighted by Crippen LogP contribution is -2.21. The Bertz CT molecular complexity index is 638. The number of aliphatic hydroxyl groups is 1. The molecule has 1 amide bonds. The molecule has 0 saturated carbocycles. The molecule has 4 nitrogen and oxygen atoms in total. The quantitative estimate of drug-likeness (QED) is 0.826. The number of carbonyl (C=O) groups is 1. The van der Waals surface area contributed by atoms with Gasteiger partial charge in [-0.1, -0.05) is 24.3 Å². The van der Waals surface area contributed by atoms with E-state index in [4.69, 9.17) is 5.11 Å². The molecule has 2 rings (SSSR count). The number of likely N-dealkylation sites (N-methyl/N-ethyl adjacent to an activating group) is 1. The van der Waals surface area contributed by atoms with Crippen LogP contribution in [0.25, 0.3) is 0 Å². The maximum Gasteiger partial charge on any atom is 0.224 e. The molecule has 0 spiro atoms. The number of aliphatic hydroxyl groups excluding tert-OH is 1. The van der Waals surface area contributed by atoms with Crippen molar-refractivity contribution in [1.29, 1.82) is 0 Å². The first-order chi connectivity index (χ1) is 11.1. The van der Waals surface area contributed by atoms with Gasteiger partial charge in [0, 0.05) is 31.4 Å². The molecule has 2 aromatic rings. The fourth-order valence-corrected chi connectivity index (χ4v) is 2.44. The minimum absolute atomic E-state index is 0.0183. The van der Waals surface area contributed by atoms with E-state index in [1.54, 1.807) is 0 Å². The van der Waals surface area contributed by atoms with Gasteiger partial charge in [0.1, 0.15) is 0 Å². The van der Waals surface area contributed by atoms with Gasteiger partial charge < -0.3 is 15.3 Å². The van der Waals surface area contributed by atoms with E-state index in [2.05, 4.69) is 24.4 Å². The molecule has 0 unspecified atom stereocenters. The summed E-state index contributed by atoms with van der Waals surface area (Å²) in [4.78, 5) is 14.0. The van der Waals surface area contributed by atoms with Gasteiger partial charge in [-0.25, -0.2) is 0 Å². The van der Waals surface area contributed by atoms with E-state index in [0.717, 1.165) is 17.8 Å². The molecule has 2 N–H and O–H groups in total. The van der Waals surface area contributed by atoms with Crippen LogP contribution in [-0.2, 0) is 11.2 Å². The normalized spacial score (nSPS) is 10.4. The third kappa shape index (κ3) is 5.11. The largest absolute Gasteiger partial charge is 0.395 e. The molecule has 23 heavy (non-hydrogen) atoms. The van der Waals surface area contributed by atoms with Crippen LogP contribution >= 0.6 is 0 Å². The molecule has 122 valence electrons. The van der Waals surface area contributed by atoms with Crippen LogP contribution in [0.2, 0.25) is 0 Å². The molecular weight excluding hydrogens is 288 g/mol. The second-order valence-corrected chi connectivity index (χ2v) is 5.67. The smallest absolute Gasteiger partial charge is 0.224 e. The van der Waals surface area contributed by atoms with Crippen LogP contribution < -0.4 is 10.2 Å². The predicted octanol–water partition coefficient (Wildman–Crippen LogP) is 2.99. The number of aryl methyl sites for hydroxylation is 2. The van der Waals surface area contributed by atoms with Gasteiger partial charge in [-0.15, -0.1) is 0 Å². The SMILES string of the molecule is Cc1ccccc1CCC(=O)Nc1ccc(N(C)CCO)cc1. The van der Waals surface area contributed by atoms with Crippen LogP contribution in [-0.4, -0.2) is 31.2 Å². The highest BCUT2D eigenvalue weighted by molar-refractivity contribution is 5.91. The zero-order valence-corrected chi connectivity index (χ0v) is 13.7. The Kier molecular flexibility index (Phi) is 6.18. The first-order valence-corrected chi connectivity index (χ1v) is 7.86. The van der Waals surface area contributed by atoms with Gasteiger partial charge in [0.25, 0.3) is 0 Å². The van der Waals surface area contributed by atoms with Crippen molar-refractivity contribution < 1.29 is 9.90 Å². The molecule has 0 radical (unpaired) electrons. The van der Waals surface area contributed by atoms with Crippen LogP contribution in [0.15, 0.2) is 48.5 Å². The van der Waals surface area contributed by atoms with Crippen LogP contribution in [0, 0.1) is 6.92 Å². The van der Waals surface area contributed by atoms with Gasteiger partial charge in [0.2, 0.25) is 5.91 Å². The molecule has 0 heterocycles. The summed E-state index contributed by atoms with van der Waals surface area (Å²) in [7, 11) is 1.92. The number of nitrogens with one attached hydrogen (secondary N) is 1. The van der Waals surface area contributed by atoms with Crippen LogP contribution in [0.1, 0.15) is 17.5 Å². The zero-order chi connectivity index (χ0) is 16.7. The molecule has 0 saturated heterocycles. The number of hydrogen-bond acceptors (Lipinski definition) is 3. The first kappa shape index (κ1) is 17.0. The standard InChI is InChI=1S/C19H24N2O2/c1-15-5-3-4-6-16(15)7-12-19(23)20-17-8-10-18(11-9-17)21(2)13-14-22/h3-6,8-11,22H,7,12-14H2,1-2H3,(H,20,23). The van der Waals surface area contributed by atoms with Gasteiger partial charge in [-0.2, -0.15) is 0 Å². The van der Waals surface area contributed by atoms with Gasteiger partial charge in [-0.05, 0) is 48.7 Å². The Morgan fingerprint density at radius 3 is 2.48 bits per heavy atom. The highest BCUT2D eigenvalue weighted by Crippen LogP contribution is 2.17. The van der Waals surface area contributed by atoms with Crippen molar-refractivity contribution in [3.63, 3.8) is 0 Å². The number of hydrogen-bond donors (Lipinski definition) is 2. The van der Waals surface area contributed by atoms with E-state index in [1.165, 1.54) is 11.1 Å². The minimum Gasteiger partial charge on any atom is -0.395 e. The Hall–Kier alpha value is -2.33. The van der Waals surface area contributed by atoms with Crippen molar-refractivity contribution in [2.45, 2.75) is 19.8 Å². The third-order valence-electron chi connectivity index (χ3n) is 3.91. The average molecular weight is 312 g/mol. The molecule has 0 aliphatic carbocycles. The Morgan fingerprint density at radius 2 is 1.83 bits per heavy atom. The number of carbonyl (C=O) groups excluding carboxylic acids is 1. The van der Waals surface area contributed by atoms with Crippen molar-refractivity contribution in [2.75, 3.05) is 30.4 Å². The van der Waals surface area contributed by atoms with Gasteiger partial charge >= 0.3 is 0 Å². The maximum absolute atomic E-state index is 12.1. The van der Waals surface area contributed by atoms with E-state index < -0.39 is 0 Å². The highest BCUT2D eigenvalue weighted by Gasteiger charge is 2.05. The molecule has 0 fully saturated rings. The summed E-state index contributed by atoms with van der Waals surface area (Å²) in [6, 6.07) is 15.8. The number of benzene rings is 2. The summed E-state index contributed by atoms with van der Waals surface area (Å²) >= 11 is 0. The molecule has 0 aromatic heterocycles. The maximum atomic E-state index is 12.1. The number of nitrogens with zero attached hydrogens (tertiary/aromatic N) is 1. The van der Waals surface area contributed by atoms with Crippen molar-refractivity contribution in [1.82, 2.24) is 0 Å². The third-order valence-corrected chi connectivity index (χ3v) is 3.91. The van der Waals surface area contributed by atoms with E-state index in [1.807, 2.05) is 48.3 Å². The van der Waals surface area contributed by atoms with Gasteiger partial charge in [-0.3, -0.25) is 4.79 Å². The lowest BCUT2D eigenvalue weighted by molar-refractivity contribution is -0.116. The van der Waals surface area contributed by atoms with E-state index in [-0.39, 0.29) is 12.5 Å². The number of anilines is 2. The summed E-state index contributed by atoms with van der Waals surface area (Å²) in [5, 5.41) is 11.9. The molecule has 0 atom stereocenters. The van der Waals surface area contributed by atoms with Crippen LogP contribution in [0.4, 0.5) is 11.4 Å². The van der Waals surface area contributed by atoms with Crippen LogP contribution in [0.5, 0.6) is 0 Å². The fraction of sp³-hybridized carbons (Fsp3) is 0.316. The summed E-state index contributed by atoms with van der Waals surface area (Å²) in [6.07, 6.45) is 1.22. The van der Waals surface area contributed by atoms with Crippen LogP contribution in [0.3, 0.4) is 0 Å². The number of rotatable bonds is 7. The van der Waals surface area contributed by atoms with Crippen molar-refractivity contribution >= 4 is 17.3 Å². The number of amides is 1. The van der Waals surface area contributed by atoms with Crippen molar-refractivity contribution in [3.8, 4) is 0 Å². The molecule has 2 aromatic carbocycles. The average Bonchev–Trinajstić information content (AvgIpc) is 2.55. The molecule has 0 aliphatic heterocycles. The van der Waals surface area contributed by atoms with E-state index >= 15 is 0 Å². The predicted molar refractivity (Wildman–Crippen MR) is 94.9 cm³/mol. The summed E-state index contributed by atoms with van der Waals surface area (Å²) < 4.78 is 0. The minimum atomic E-state index is 0.0183. The lowest BCUT2D eigenvalue weighted by Gasteiger charge is -2.18. The van der Waals surface area contributed by atoms with Gasteiger partial charge in [0.05, 0.1) is 6.61 Å². The summed E-state index contributed by atoms with van der Waals surface area (Å²) in [6.45, 7) is 2.77. The van der Waals surface area contributed by atoms with Gasteiger partial charge in [0.15, 0.2) is 0 Å². The Labute approximate surface area is 137 Å². The summed E-state index contributed by atoms with van der Waals surface area (Å²) in [5.41, 5.74) is 4.23. The second kappa shape index (κ2) is 8.34. The fourth-order valence-electron chi connectivity index (χ4n) is 2.44. The monoisotopic (exact) mass is 312 g/mol. The molecule has 0 aliphatic rings. The molecule has 4 heteroatoms. The Balaban J connectivity index is 1.87. The lowest BCUT2D eigenvalue weighted by atomic mass is 10.0. The Morgan fingerprint density at radius 1 is 1.13 bits per heavy atom. The molecule has 0 bridgehead atoms. The zero-order valence-electron chi connectivity index (χ0n) is 13.7. The molecular formula is C19H24N2O2. The highest BCUT2D eigenvalue weighted by atomic mass is 16.3. The van der Waals surface area contributed by atoms with E-state index in [9.17, 15) is 4.79 Å². The van der Waals surface area contributed by atoms with Crippen molar-refractivity contribution in [2.24, 2.45) is 0 Å². The topological polar surface area (TPSA) is 52.6 Å². The van der Waals surface area contributed by atoms with E-state index in [0.29, 0.717) is 13.0 Å².